The molecular formula is C14H17N5O3S2. The van der Waals surface area contributed by atoms with Gasteiger partial charge in [-0.15, -0.1) is 11.8 Å². The van der Waals surface area contributed by atoms with Crippen LogP contribution in [0.2, 0.25) is 0 Å². The number of hydrogen-bond acceptors (Lipinski definition) is 6. The number of nitrogens with one attached hydrogen (secondary N) is 3. The smallest absolute Gasteiger partial charge is 0.275 e. The fourth-order valence-corrected chi connectivity index (χ4v) is 3.36. The Labute approximate surface area is 144 Å². The van der Waals surface area contributed by atoms with Gasteiger partial charge in [0.15, 0.2) is 0 Å². The van der Waals surface area contributed by atoms with Gasteiger partial charge in [-0.1, -0.05) is 12.1 Å². The first-order valence-corrected chi connectivity index (χ1v) is 9.57. The molecule has 0 aliphatic heterocycles. The van der Waals surface area contributed by atoms with E-state index < -0.39 is 16.2 Å². The van der Waals surface area contributed by atoms with Crippen LogP contribution >= 0.6 is 11.8 Å². The van der Waals surface area contributed by atoms with Crippen LogP contribution in [0.15, 0.2) is 35.2 Å². The lowest BCUT2D eigenvalue weighted by Crippen LogP contribution is -2.38. The Morgan fingerprint density at radius 2 is 1.75 bits per heavy atom. The molecule has 0 saturated carbocycles. The third-order valence-corrected chi connectivity index (χ3v) is 4.52. The van der Waals surface area contributed by atoms with E-state index in [2.05, 4.69) is 20.0 Å². The Morgan fingerprint density at radius 1 is 1.12 bits per heavy atom. The molecule has 2 rings (SSSR count). The van der Waals surface area contributed by atoms with Crippen LogP contribution in [0.4, 0.5) is 16.4 Å². The van der Waals surface area contributed by atoms with Gasteiger partial charge < -0.3 is 0 Å². The lowest BCUT2D eigenvalue weighted by Gasteiger charge is -2.12. The third kappa shape index (κ3) is 5.10. The van der Waals surface area contributed by atoms with E-state index in [0.717, 1.165) is 4.90 Å². The number of hydrogen-bond donors (Lipinski definition) is 3. The maximum absolute atomic E-state index is 12.1. The first kappa shape index (κ1) is 18.0. The molecule has 10 heteroatoms. The van der Waals surface area contributed by atoms with Crippen LogP contribution < -0.4 is 14.8 Å². The van der Waals surface area contributed by atoms with Gasteiger partial charge >= 0.3 is 16.2 Å². The number of anilines is 2. The van der Waals surface area contributed by atoms with E-state index in [-0.39, 0.29) is 5.95 Å². The maximum Gasteiger partial charge on any atom is 0.336 e. The van der Waals surface area contributed by atoms with Crippen molar-refractivity contribution in [2.75, 3.05) is 16.3 Å². The normalized spacial score (nSPS) is 11.0. The van der Waals surface area contributed by atoms with E-state index in [1.807, 2.05) is 11.0 Å². The van der Waals surface area contributed by atoms with E-state index in [4.69, 9.17) is 0 Å². The van der Waals surface area contributed by atoms with Crippen LogP contribution in [0, 0.1) is 13.8 Å². The molecule has 0 spiro atoms. The van der Waals surface area contributed by atoms with Crippen LogP contribution in [-0.2, 0) is 10.2 Å². The third-order valence-electron chi connectivity index (χ3n) is 2.79. The largest absolute Gasteiger partial charge is 0.336 e. The van der Waals surface area contributed by atoms with Gasteiger partial charge in [0.25, 0.3) is 0 Å². The molecule has 0 fully saturated rings. The fraction of sp³-hybridized carbons (Fsp3) is 0.214. The average Bonchev–Trinajstić information content (AvgIpc) is 2.45. The van der Waals surface area contributed by atoms with E-state index in [1.54, 1.807) is 44.2 Å². The van der Waals surface area contributed by atoms with Crippen molar-refractivity contribution in [3.63, 3.8) is 0 Å². The van der Waals surface area contributed by atoms with Crippen molar-refractivity contribution in [2.45, 2.75) is 18.7 Å². The molecule has 0 bridgehead atoms. The number of nitrogens with zero attached hydrogens (tertiary/aromatic N) is 2. The number of thioether (sulfide) groups is 1. The highest BCUT2D eigenvalue weighted by Crippen LogP contribution is 2.25. The maximum atomic E-state index is 12.1. The molecule has 3 N–H and O–H groups in total. The topological polar surface area (TPSA) is 113 Å². The van der Waals surface area contributed by atoms with Crippen LogP contribution in [0.25, 0.3) is 0 Å². The fourth-order valence-electron chi connectivity index (χ4n) is 1.93. The van der Waals surface area contributed by atoms with Crippen molar-refractivity contribution in [3.05, 3.63) is 41.7 Å². The lowest BCUT2D eigenvalue weighted by molar-refractivity contribution is 0.256. The van der Waals surface area contributed by atoms with Gasteiger partial charge in [0, 0.05) is 16.3 Å². The summed E-state index contributed by atoms with van der Waals surface area (Å²) in [7, 11) is -4.09. The molecule has 1 heterocycles. The van der Waals surface area contributed by atoms with E-state index in [9.17, 15) is 13.2 Å². The van der Waals surface area contributed by atoms with Gasteiger partial charge in [0.2, 0.25) is 5.95 Å². The van der Waals surface area contributed by atoms with Crippen molar-refractivity contribution < 1.29 is 13.2 Å². The van der Waals surface area contributed by atoms with Crippen molar-refractivity contribution in [1.82, 2.24) is 14.7 Å². The second-order valence-electron chi connectivity index (χ2n) is 4.84. The number of aryl methyl sites for hydroxylation is 2. The summed E-state index contributed by atoms with van der Waals surface area (Å²) >= 11 is 1.39. The zero-order valence-corrected chi connectivity index (χ0v) is 15.0. The zero-order chi connectivity index (χ0) is 17.7. The highest BCUT2D eigenvalue weighted by molar-refractivity contribution is 7.99. The Bertz CT molecular complexity index is 835. The van der Waals surface area contributed by atoms with Crippen LogP contribution in [0.3, 0.4) is 0 Å². The Kier molecular flexibility index (Phi) is 5.62. The Morgan fingerprint density at radius 3 is 2.38 bits per heavy atom. The van der Waals surface area contributed by atoms with E-state index >= 15 is 0 Å². The summed E-state index contributed by atoms with van der Waals surface area (Å²) in [6.07, 6.45) is 1.82. The number of para-hydroxylation sites is 1. The van der Waals surface area contributed by atoms with Crippen LogP contribution in [0.5, 0.6) is 0 Å². The predicted octanol–water partition coefficient (Wildman–Crippen LogP) is 2.29. The van der Waals surface area contributed by atoms with Gasteiger partial charge in [-0.05, 0) is 38.3 Å². The molecule has 2 amide bonds. The number of aromatic nitrogens is 2. The SMILES string of the molecule is CSc1ccccc1NS(=O)(=O)NC(=O)Nc1nc(C)cc(C)n1. The highest BCUT2D eigenvalue weighted by atomic mass is 32.2. The molecule has 2 aromatic rings. The summed E-state index contributed by atoms with van der Waals surface area (Å²) in [6, 6.07) is 7.65. The lowest BCUT2D eigenvalue weighted by atomic mass is 10.3. The van der Waals surface area contributed by atoms with Crippen molar-refractivity contribution in [1.29, 1.82) is 0 Å². The molecular weight excluding hydrogens is 350 g/mol. The second-order valence-corrected chi connectivity index (χ2v) is 7.10. The van der Waals surface area contributed by atoms with Crippen molar-refractivity contribution in [3.8, 4) is 0 Å². The van der Waals surface area contributed by atoms with Crippen molar-refractivity contribution in [2.24, 2.45) is 0 Å². The molecule has 8 nitrogen and oxygen atoms in total. The number of amides is 2. The summed E-state index contributed by atoms with van der Waals surface area (Å²) in [5.74, 6) is 0.0321. The molecule has 0 aliphatic rings. The minimum atomic E-state index is -4.09. The molecule has 0 radical (unpaired) electrons. The van der Waals surface area contributed by atoms with Crippen LogP contribution in [-0.4, -0.2) is 30.7 Å². The minimum Gasteiger partial charge on any atom is -0.275 e. The Hall–Kier alpha value is -2.33. The number of carbonyl (C=O) groups excluding carboxylic acids is 1. The second kappa shape index (κ2) is 7.49. The van der Waals surface area contributed by atoms with Gasteiger partial charge in [0.05, 0.1) is 5.69 Å². The zero-order valence-electron chi connectivity index (χ0n) is 13.3. The van der Waals surface area contributed by atoms with E-state index in [1.165, 1.54) is 11.8 Å². The molecule has 1 aromatic carbocycles. The predicted molar refractivity (Wildman–Crippen MR) is 94.4 cm³/mol. The van der Waals surface area contributed by atoms with Gasteiger partial charge in [-0.25, -0.2) is 19.5 Å². The van der Waals surface area contributed by atoms with E-state index in [0.29, 0.717) is 17.1 Å². The first-order valence-electron chi connectivity index (χ1n) is 6.86. The quantitative estimate of drug-likeness (QED) is 0.699. The molecule has 1 aromatic heterocycles. The summed E-state index contributed by atoms with van der Waals surface area (Å²) in [6.45, 7) is 3.49. The van der Waals surface area contributed by atoms with Crippen molar-refractivity contribution >= 4 is 39.6 Å². The van der Waals surface area contributed by atoms with Gasteiger partial charge in [-0.2, -0.15) is 8.42 Å². The molecule has 0 unspecified atom stereocenters. The summed E-state index contributed by atoms with van der Waals surface area (Å²) < 4.78 is 28.3. The monoisotopic (exact) mass is 367 g/mol. The van der Waals surface area contributed by atoms with Gasteiger partial charge in [0.1, 0.15) is 0 Å². The van der Waals surface area contributed by atoms with Crippen LogP contribution in [0.1, 0.15) is 11.4 Å². The summed E-state index contributed by atoms with van der Waals surface area (Å²) in [5, 5.41) is 2.30. The molecule has 0 atom stereocenters. The molecule has 0 aliphatic carbocycles. The molecule has 24 heavy (non-hydrogen) atoms. The number of carbonyl (C=O) groups is 1. The standard InChI is InChI=1S/C14H17N5O3S2/c1-9-8-10(2)16-13(15-9)17-14(20)19-24(21,22)18-11-6-4-5-7-12(11)23-3/h4-8,18H,1-3H3,(H2,15,16,17,19,20). The van der Waals surface area contributed by atoms with Gasteiger partial charge in [-0.3, -0.25) is 10.0 Å². The molecule has 128 valence electrons. The minimum absolute atomic E-state index is 0.0321. The number of urea groups is 1. The molecule has 0 saturated heterocycles. The number of benzene rings is 1. The summed E-state index contributed by atoms with van der Waals surface area (Å²) in [5.41, 5.74) is 1.70. The Balaban J connectivity index is 2.07. The number of rotatable bonds is 5. The summed E-state index contributed by atoms with van der Waals surface area (Å²) in [4.78, 5) is 20.6. The first-order chi connectivity index (χ1) is 11.3. The highest BCUT2D eigenvalue weighted by Gasteiger charge is 2.16. The average molecular weight is 367 g/mol.